The Kier molecular flexibility index (Phi) is 6.71. The predicted molar refractivity (Wildman–Crippen MR) is 142 cm³/mol. The number of thiophene rings is 1. The molecule has 1 aliphatic rings. The fourth-order valence-electron chi connectivity index (χ4n) is 4.19. The summed E-state index contributed by atoms with van der Waals surface area (Å²) >= 11 is 2.80. The minimum Gasteiger partial charge on any atom is -0.489 e. The fraction of sp³-hybridized carbons (Fsp3) is 0.179. The van der Waals surface area contributed by atoms with E-state index in [4.69, 9.17) is 9.47 Å². The molecule has 36 heavy (non-hydrogen) atoms. The Labute approximate surface area is 216 Å². The van der Waals surface area contributed by atoms with E-state index >= 15 is 0 Å². The number of fused-ring (bicyclic) bond motifs is 1. The predicted octanol–water partition coefficient (Wildman–Crippen LogP) is 4.36. The van der Waals surface area contributed by atoms with Gasteiger partial charge in [-0.15, -0.1) is 11.3 Å². The second-order valence-corrected chi connectivity index (χ2v) is 10.4. The number of carbonyl (C=O) groups excluding carboxylic acids is 1. The van der Waals surface area contributed by atoms with Gasteiger partial charge in [-0.3, -0.25) is 9.36 Å². The average Bonchev–Trinajstić information content (AvgIpc) is 3.51. The molecule has 0 saturated carbocycles. The van der Waals surface area contributed by atoms with Crippen molar-refractivity contribution in [3.05, 3.63) is 119 Å². The minimum absolute atomic E-state index is 0.189. The van der Waals surface area contributed by atoms with Crippen LogP contribution < -0.4 is 19.6 Å². The van der Waals surface area contributed by atoms with Crippen molar-refractivity contribution < 1.29 is 14.3 Å². The number of nitrogens with zero attached hydrogens (tertiary/aromatic N) is 2. The number of aromatic nitrogens is 1. The van der Waals surface area contributed by atoms with Gasteiger partial charge in [0.15, 0.2) is 4.80 Å². The van der Waals surface area contributed by atoms with Gasteiger partial charge in [-0.1, -0.05) is 59.4 Å². The summed E-state index contributed by atoms with van der Waals surface area (Å²) in [6.07, 6.45) is 1.84. The van der Waals surface area contributed by atoms with Gasteiger partial charge < -0.3 is 9.47 Å². The third-order valence-electron chi connectivity index (χ3n) is 5.91. The lowest BCUT2D eigenvalue weighted by molar-refractivity contribution is -0.136. The smallest absolute Gasteiger partial charge is 0.338 e. The summed E-state index contributed by atoms with van der Waals surface area (Å²) < 4.78 is 13.1. The number of thiazole rings is 1. The molecule has 0 N–H and O–H groups in total. The number of hydrogen-bond acceptors (Lipinski definition) is 7. The van der Waals surface area contributed by atoms with E-state index in [-0.39, 0.29) is 5.56 Å². The SMILES string of the molecule is COC(=O)C1=C(C)N=c2sc(=Cc3ccc(OCc4cccc(C)c4)cc3)c(=O)n2C1c1cccs1. The summed E-state index contributed by atoms with van der Waals surface area (Å²) in [5.41, 5.74) is 3.94. The summed E-state index contributed by atoms with van der Waals surface area (Å²) in [6, 6.07) is 19.1. The van der Waals surface area contributed by atoms with E-state index < -0.39 is 12.0 Å². The molecule has 0 spiro atoms. The van der Waals surface area contributed by atoms with Crippen molar-refractivity contribution in [1.82, 2.24) is 4.57 Å². The van der Waals surface area contributed by atoms with Crippen LogP contribution in [0.5, 0.6) is 5.75 Å². The molecule has 5 rings (SSSR count). The van der Waals surface area contributed by atoms with E-state index in [1.807, 2.05) is 60.0 Å². The Balaban J connectivity index is 1.47. The Bertz CT molecular complexity index is 1630. The Morgan fingerprint density at radius 2 is 1.92 bits per heavy atom. The van der Waals surface area contributed by atoms with Gasteiger partial charge in [-0.05, 0) is 54.6 Å². The first-order chi connectivity index (χ1) is 17.4. The van der Waals surface area contributed by atoms with Crippen molar-refractivity contribution >= 4 is 34.7 Å². The summed E-state index contributed by atoms with van der Waals surface area (Å²) in [4.78, 5) is 32.2. The lowest BCUT2D eigenvalue weighted by Gasteiger charge is -2.22. The number of hydrogen-bond donors (Lipinski definition) is 0. The summed E-state index contributed by atoms with van der Waals surface area (Å²) in [7, 11) is 1.34. The first-order valence-electron chi connectivity index (χ1n) is 11.4. The summed E-state index contributed by atoms with van der Waals surface area (Å²) in [5, 5.41) is 1.93. The van der Waals surface area contributed by atoms with Crippen molar-refractivity contribution in [3.63, 3.8) is 0 Å². The molecule has 0 radical (unpaired) electrons. The zero-order valence-corrected chi connectivity index (χ0v) is 21.7. The molecule has 8 heteroatoms. The maximum Gasteiger partial charge on any atom is 0.338 e. The number of benzene rings is 2. The first kappa shape index (κ1) is 24.0. The zero-order valence-electron chi connectivity index (χ0n) is 20.1. The van der Waals surface area contributed by atoms with E-state index in [2.05, 4.69) is 24.0 Å². The first-order valence-corrected chi connectivity index (χ1v) is 13.1. The van der Waals surface area contributed by atoms with Gasteiger partial charge in [0.2, 0.25) is 0 Å². The third kappa shape index (κ3) is 4.69. The number of carbonyl (C=O) groups is 1. The topological polar surface area (TPSA) is 69.9 Å². The van der Waals surface area contributed by atoms with Gasteiger partial charge in [-0.2, -0.15) is 0 Å². The Hall–Kier alpha value is -3.75. The monoisotopic (exact) mass is 516 g/mol. The van der Waals surface area contributed by atoms with Crippen LogP contribution in [0.15, 0.2) is 87.1 Å². The minimum atomic E-state index is -0.562. The van der Waals surface area contributed by atoms with Crippen LogP contribution in [0.25, 0.3) is 6.08 Å². The van der Waals surface area contributed by atoms with Crippen LogP contribution >= 0.6 is 22.7 Å². The van der Waals surface area contributed by atoms with Gasteiger partial charge in [0.25, 0.3) is 5.56 Å². The van der Waals surface area contributed by atoms with Crippen LogP contribution in [-0.4, -0.2) is 17.6 Å². The van der Waals surface area contributed by atoms with Gasteiger partial charge in [-0.25, -0.2) is 9.79 Å². The van der Waals surface area contributed by atoms with E-state index in [0.29, 0.717) is 27.2 Å². The zero-order chi connectivity index (χ0) is 25.2. The van der Waals surface area contributed by atoms with E-state index in [9.17, 15) is 9.59 Å². The number of esters is 1. The largest absolute Gasteiger partial charge is 0.489 e. The number of ether oxygens (including phenoxy) is 2. The number of rotatable bonds is 6. The molecule has 182 valence electrons. The molecule has 2 aromatic carbocycles. The molecular weight excluding hydrogens is 492 g/mol. The molecule has 0 aliphatic carbocycles. The second-order valence-electron chi connectivity index (χ2n) is 8.44. The van der Waals surface area contributed by atoms with Crippen molar-refractivity contribution in [2.24, 2.45) is 4.99 Å². The maximum absolute atomic E-state index is 13.5. The molecular formula is C28H24N2O4S2. The van der Waals surface area contributed by atoms with Crippen molar-refractivity contribution in [2.45, 2.75) is 26.5 Å². The van der Waals surface area contributed by atoms with E-state index in [1.54, 1.807) is 11.5 Å². The molecule has 4 aromatic rings. The quantitative estimate of drug-likeness (QED) is 0.357. The van der Waals surface area contributed by atoms with Gasteiger partial charge in [0.05, 0.1) is 22.9 Å². The lowest BCUT2D eigenvalue weighted by atomic mass is 10.0. The van der Waals surface area contributed by atoms with E-state index in [0.717, 1.165) is 21.8 Å². The number of aryl methyl sites for hydroxylation is 1. The number of allylic oxidation sites excluding steroid dienone is 1. The molecule has 6 nitrogen and oxygen atoms in total. The van der Waals surface area contributed by atoms with Crippen molar-refractivity contribution in [3.8, 4) is 5.75 Å². The summed E-state index contributed by atoms with van der Waals surface area (Å²) in [6.45, 7) is 4.33. The lowest BCUT2D eigenvalue weighted by Crippen LogP contribution is -2.39. The van der Waals surface area contributed by atoms with Crippen LogP contribution in [0.4, 0.5) is 0 Å². The highest BCUT2D eigenvalue weighted by atomic mass is 32.1. The molecule has 3 heterocycles. The second kappa shape index (κ2) is 10.1. The third-order valence-corrected chi connectivity index (χ3v) is 7.81. The average molecular weight is 517 g/mol. The van der Waals surface area contributed by atoms with Crippen LogP contribution in [0, 0.1) is 6.92 Å². The van der Waals surface area contributed by atoms with Gasteiger partial charge in [0.1, 0.15) is 18.4 Å². The molecule has 1 atom stereocenters. The molecule has 0 saturated heterocycles. The van der Waals surface area contributed by atoms with Gasteiger partial charge >= 0.3 is 5.97 Å². The van der Waals surface area contributed by atoms with Crippen LogP contribution in [-0.2, 0) is 16.1 Å². The van der Waals surface area contributed by atoms with Gasteiger partial charge in [0, 0.05) is 4.88 Å². The number of methoxy groups -OCH3 is 1. The highest BCUT2D eigenvalue weighted by Gasteiger charge is 2.33. The van der Waals surface area contributed by atoms with E-state index in [1.165, 1.54) is 35.3 Å². The van der Waals surface area contributed by atoms with Crippen LogP contribution in [0.3, 0.4) is 0 Å². The fourth-order valence-corrected chi connectivity index (χ4v) is 6.06. The molecule has 0 bridgehead atoms. The van der Waals surface area contributed by atoms with Crippen LogP contribution in [0.2, 0.25) is 0 Å². The normalized spacial score (nSPS) is 15.4. The van der Waals surface area contributed by atoms with Crippen LogP contribution in [0.1, 0.15) is 34.5 Å². The molecule has 0 fully saturated rings. The summed E-state index contributed by atoms with van der Waals surface area (Å²) in [5.74, 6) is 0.274. The highest BCUT2D eigenvalue weighted by Crippen LogP contribution is 2.33. The van der Waals surface area contributed by atoms with Crippen molar-refractivity contribution in [2.75, 3.05) is 7.11 Å². The highest BCUT2D eigenvalue weighted by molar-refractivity contribution is 7.10. The Morgan fingerprint density at radius 3 is 2.61 bits per heavy atom. The van der Waals surface area contributed by atoms with Crippen molar-refractivity contribution in [1.29, 1.82) is 0 Å². The standard InChI is InChI=1S/C28H24N2O4S2/c1-17-6-4-7-20(14-17)16-34-21-11-9-19(10-12-21)15-23-26(31)30-25(22-8-5-13-35-22)24(27(32)33-3)18(2)29-28(30)36-23/h4-15,25H,16H2,1-3H3. The molecule has 0 amide bonds. The molecule has 1 unspecified atom stereocenters. The molecule has 1 aliphatic heterocycles. The Morgan fingerprint density at radius 1 is 1.11 bits per heavy atom. The maximum atomic E-state index is 13.5. The molecule has 2 aromatic heterocycles.